The highest BCUT2D eigenvalue weighted by molar-refractivity contribution is 7.99. The molecule has 34 heavy (non-hydrogen) atoms. The molecule has 1 aliphatic rings. The van der Waals surface area contributed by atoms with E-state index < -0.39 is 21.8 Å². The van der Waals surface area contributed by atoms with Crippen LogP contribution in [0.25, 0.3) is 0 Å². The number of rotatable bonds is 8. The van der Waals surface area contributed by atoms with Gasteiger partial charge in [-0.05, 0) is 43.5 Å². The van der Waals surface area contributed by atoms with Gasteiger partial charge in [0.15, 0.2) is 0 Å². The second-order valence-corrected chi connectivity index (χ2v) is 13.0. The predicted octanol–water partition coefficient (Wildman–Crippen LogP) is 5.34. The van der Waals surface area contributed by atoms with Crippen LogP contribution in [0, 0.1) is 5.82 Å². The zero-order chi connectivity index (χ0) is 25.1. The lowest BCUT2D eigenvalue weighted by Crippen LogP contribution is -2.28. The van der Waals surface area contributed by atoms with E-state index in [1.54, 1.807) is 24.8 Å². The van der Waals surface area contributed by atoms with Gasteiger partial charge in [0.25, 0.3) is 0 Å². The molecule has 2 N–H and O–H groups in total. The van der Waals surface area contributed by atoms with Crippen LogP contribution < -0.4 is 10.0 Å². The minimum absolute atomic E-state index is 0.0660. The van der Waals surface area contributed by atoms with E-state index in [2.05, 4.69) is 30.8 Å². The fourth-order valence-corrected chi connectivity index (χ4v) is 5.75. The summed E-state index contributed by atoms with van der Waals surface area (Å²) in [6, 6.07) is 8.15. The summed E-state index contributed by atoms with van der Waals surface area (Å²) in [7, 11) is -3.59. The van der Waals surface area contributed by atoms with Gasteiger partial charge in [-0.15, -0.1) is 11.8 Å². The summed E-state index contributed by atoms with van der Waals surface area (Å²) in [6.07, 6.45) is 5.82. The molecule has 1 unspecified atom stereocenters. The summed E-state index contributed by atoms with van der Waals surface area (Å²) in [5.41, 5.74) is 2.26. The van der Waals surface area contributed by atoms with Gasteiger partial charge in [0.05, 0.1) is 17.9 Å². The van der Waals surface area contributed by atoms with Gasteiger partial charge in [0.1, 0.15) is 10.8 Å². The SMILES string of the molecule is CC(C(=O)NCc1ccc(C(C)(C)C)nc1SC1CCCC1)c1ccc(NS(C)(=O)=O)c(F)c1. The van der Waals surface area contributed by atoms with Crippen LogP contribution in [0.4, 0.5) is 10.1 Å². The van der Waals surface area contributed by atoms with Gasteiger partial charge < -0.3 is 5.32 Å². The van der Waals surface area contributed by atoms with E-state index in [0.29, 0.717) is 17.4 Å². The van der Waals surface area contributed by atoms with E-state index in [1.807, 2.05) is 12.1 Å². The van der Waals surface area contributed by atoms with Gasteiger partial charge in [0, 0.05) is 28.5 Å². The topological polar surface area (TPSA) is 88.2 Å². The van der Waals surface area contributed by atoms with Crippen molar-refractivity contribution in [1.29, 1.82) is 0 Å². The molecule has 1 fully saturated rings. The first-order valence-corrected chi connectivity index (χ1v) is 14.3. The van der Waals surface area contributed by atoms with Gasteiger partial charge in [-0.3, -0.25) is 9.52 Å². The highest BCUT2D eigenvalue weighted by Crippen LogP contribution is 2.36. The fourth-order valence-electron chi connectivity index (χ4n) is 3.86. The number of carbonyl (C=O) groups excluding carboxylic acids is 1. The van der Waals surface area contributed by atoms with E-state index in [4.69, 9.17) is 4.98 Å². The molecule has 2 aromatic rings. The Morgan fingerprint density at radius 3 is 2.47 bits per heavy atom. The molecule has 0 saturated heterocycles. The van der Waals surface area contributed by atoms with Crippen LogP contribution in [0.5, 0.6) is 0 Å². The molecular weight excluding hydrogens is 473 g/mol. The second-order valence-electron chi connectivity index (χ2n) is 9.99. The second kappa shape index (κ2) is 10.6. The van der Waals surface area contributed by atoms with Crippen LogP contribution >= 0.6 is 11.8 Å². The highest BCUT2D eigenvalue weighted by atomic mass is 32.2. The summed E-state index contributed by atoms with van der Waals surface area (Å²) in [5, 5.41) is 4.49. The number of halogens is 1. The number of amides is 1. The van der Waals surface area contributed by atoms with Crippen molar-refractivity contribution in [3.8, 4) is 0 Å². The quantitative estimate of drug-likeness (QED) is 0.503. The van der Waals surface area contributed by atoms with Crippen LogP contribution in [-0.2, 0) is 26.8 Å². The number of aromatic nitrogens is 1. The van der Waals surface area contributed by atoms with Crippen LogP contribution in [0.3, 0.4) is 0 Å². The Hall–Kier alpha value is -2.13. The highest BCUT2D eigenvalue weighted by Gasteiger charge is 2.23. The third-order valence-corrected chi connectivity index (χ3v) is 7.90. The zero-order valence-electron chi connectivity index (χ0n) is 20.4. The van der Waals surface area contributed by atoms with Crippen molar-refractivity contribution in [2.24, 2.45) is 0 Å². The molecule has 1 aromatic carbocycles. The number of hydrogen-bond donors (Lipinski definition) is 2. The third-order valence-electron chi connectivity index (χ3n) is 5.92. The van der Waals surface area contributed by atoms with Crippen LogP contribution in [0.1, 0.15) is 76.1 Å². The number of thioether (sulfide) groups is 1. The van der Waals surface area contributed by atoms with Crippen LogP contribution in [0.15, 0.2) is 35.4 Å². The molecule has 0 radical (unpaired) electrons. The van der Waals surface area contributed by atoms with E-state index in [1.165, 1.54) is 37.8 Å². The maximum atomic E-state index is 14.4. The number of pyridine rings is 1. The van der Waals surface area contributed by atoms with Crippen molar-refractivity contribution in [2.75, 3.05) is 11.0 Å². The van der Waals surface area contributed by atoms with Gasteiger partial charge in [-0.25, -0.2) is 17.8 Å². The molecule has 1 aromatic heterocycles. The van der Waals surface area contributed by atoms with E-state index in [0.717, 1.165) is 22.5 Å². The lowest BCUT2D eigenvalue weighted by atomic mass is 9.91. The van der Waals surface area contributed by atoms with E-state index in [9.17, 15) is 17.6 Å². The van der Waals surface area contributed by atoms with Crippen molar-refractivity contribution in [3.05, 3.63) is 53.0 Å². The molecule has 0 spiro atoms. The fraction of sp³-hybridized carbons (Fsp3) is 0.520. The minimum atomic E-state index is -3.59. The van der Waals surface area contributed by atoms with Crippen molar-refractivity contribution >= 4 is 33.4 Å². The van der Waals surface area contributed by atoms with Crippen LogP contribution in [0.2, 0.25) is 0 Å². The summed E-state index contributed by atoms with van der Waals surface area (Å²) < 4.78 is 39.2. The number of nitrogens with one attached hydrogen (secondary N) is 2. The molecule has 1 atom stereocenters. The molecule has 0 aliphatic heterocycles. The number of sulfonamides is 1. The van der Waals surface area contributed by atoms with E-state index in [-0.39, 0.29) is 17.0 Å². The number of anilines is 1. The Morgan fingerprint density at radius 1 is 1.21 bits per heavy atom. The molecule has 9 heteroatoms. The monoisotopic (exact) mass is 507 g/mol. The van der Waals surface area contributed by atoms with Crippen molar-refractivity contribution in [1.82, 2.24) is 10.3 Å². The van der Waals surface area contributed by atoms with Crippen molar-refractivity contribution < 1.29 is 17.6 Å². The third kappa shape index (κ3) is 7.18. The average Bonchev–Trinajstić information content (AvgIpc) is 3.25. The predicted molar refractivity (Wildman–Crippen MR) is 136 cm³/mol. The number of hydrogen-bond acceptors (Lipinski definition) is 5. The van der Waals surface area contributed by atoms with Gasteiger partial charge in [0.2, 0.25) is 15.9 Å². The first kappa shape index (κ1) is 26.5. The molecule has 6 nitrogen and oxygen atoms in total. The molecule has 3 rings (SSSR count). The van der Waals surface area contributed by atoms with Crippen molar-refractivity contribution in [3.63, 3.8) is 0 Å². The molecule has 1 saturated carbocycles. The molecule has 0 bridgehead atoms. The summed E-state index contributed by atoms with van der Waals surface area (Å²) in [6.45, 7) is 8.45. The van der Waals surface area contributed by atoms with Gasteiger partial charge in [-0.2, -0.15) is 0 Å². The Kier molecular flexibility index (Phi) is 8.29. The minimum Gasteiger partial charge on any atom is -0.351 e. The Balaban J connectivity index is 1.72. The molecule has 186 valence electrons. The first-order chi connectivity index (χ1) is 15.8. The number of carbonyl (C=O) groups is 1. The lowest BCUT2D eigenvalue weighted by molar-refractivity contribution is -0.122. The normalized spacial score (nSPS) is 15.8. The number of nitrogens with zero attached hydrogens (tertiary/aromatic N) is 1. The Morgan fingerprint density at radius 2 is 1.88 bits per heavy atom. The summed E-state index contributed by atoms with van der Waals surface area (Å²) >= 11 is 1.80. The smallest absolute Gasteiger partial charge is 0.229 e. The van der Waals surface area contributed by atoms with Crippen LogP contribution in [-0.4, -0.2) is 30.8 Å². The maximum Gasteiger partial charge on any atom is 0.229 e. The summed E-state index contributed by atoms with van der Waals surface area (Å²) in [4.78, 5) is 17.8. The standard InChI is InChI=1S/C25H34FN3O3S2/c1-16(17-10-12-21(20(26)14-17)29-34(5,31)32)23(30)27-15-18-11-13-22(25(2,3)4)28-24(18)33-19-8-6-7-9-19/h10-14,16,19,29H,6-9,15H2,1-5H3,(H,27,30). The zero-order valence-corrected chi connectivity index (χ0v) is 22.1. The summed E-state index contributed by atoms with van der Waals surface area (Å²) in [5.74, 6) is -1.56. The first-order valence-electron chi connectivity index (χ1n) is 11.6. The largest absolute Gasteiger partial charge is 0.351 e. The van der Waals surface area contributed by atoms with Crippen molar-refractivity contribution in [2.45, 2.75) is 81.5 Å². The molecule has 1 aliphatic carbocycles. The lowest BCUT2D eigenvalue weighted by Gasteiger charge is -2.21. The van der Waals surface area contributed by atoms with E-state index >= 15 is 0 Å². The molecular formula is C25H34FN3O3S2. The molecule has 1 heterocycles. The van der Waals surface area contributed by atoms with Gasteiger partial charge in [-0.1, -0.05) is 45.7 Å². The maximum absolute atomic E-state index is 14.4. The Labute approximate surface area is 206 Å². The Bertz CT molecular complexity index is 1140. The van der Waals surface area contributed by atoms with Gasteiger partial charge >= 0.3 is 0 Å². The number of benzene rings is 1. The molecule has 1 amide bonds. The average molecular weight is 508 g/mol.